The van der Waals surface area contributed by atoms with E-state index in [1.165, 1.54) is 0 Å². The lowest BCUT2D eigenvalue weighted by Gasteiger charge is -2.14. The second kappa shape index (κ2) is 6.29. The van der Waals surface area contributed by atoms with Crippen LogP contribution < -0.4 is 5.56 Å². The Bertz CT molecular complexity index is 899. The highest BCUT2D eigenvalue weighted by Gasteiger charge is 2.39. The van der Waals surface area contributed by atoms with Crippen molar-refractivity contribution in [3.05, 3.63) is 61.8 Å². The van der Waals surface area contributed by atoms with Crippen LogP contribution in [0.4, 0.5) is 26.3 Å². The molecule has 1 N–H and O–H groups in total. The van der Waals surface area contributed by atoms with Gasteiger partial charge in [-0.1, -0.05) is 17.7 Å². The minimum atomic E-state index is -4.90. The summed E-state index contributed by atoms with van der Waals surface area (Å²) in [5, 5.41) is -0.576. The van der Waals surface area contributed by atoms with Crippen LogP contribution in [0.3, 0.4) is 0 Å². The lowest BCUT2D eigenvalue weighted by Crippen LogP contribution is -2.25. The second-order valence-electron chi connectivity index (χ2n) is 6.04. The summed E-state index contributed by atoms with van der Waals surface area (Å²) < 4.78 is 78.7. The lowest BCUT2D eigenvalue weighted by atomic mass is 10.0. The second-order valence-corrected chi connectivity index (χ2v) is 6.45. The predicted octanol–water partition coefficient (Wildman–Crippen LogP) is 4.93. The molecule has 1 heterocycles. The molecule has 10 heteroatoms. The summed E-state index contributed by atoms with van der Waals surface area (Å²) in [5.74, 6) is -0.261. The molecule has 0 aliphatic heterocycles. The van der Waals surface area contributed by atoms with Gasteiger partial charge in [0.15, 0.2) is 5.69 Å². The maximum atomic E-state index is 13.3. The van der Waals surface area contributed by atoms with Gasteiger partial charge in [0.05, 0.1) is 16.1 Å². The molecular formula is C16H11ClF6N2O. The standard InChI is InChI=1S/C16H11ClF6N2O/c17-11-4-1-7(6-10(11)15(18,19)20)5-9-12(16(21,22)23)24-13(8-2-3-8)25-14(9)26/h1,4,6,8H,2-3,5H2,(H,24,25,26). The number of benzene rings is 1. The maximum absolute atomic E-state index is 13.3. The van der Waals surface area contributed by atoms with Crippen LogP contribution in [0.15, 0.2) is 23.0 Å². The van der Waals surface area contributed by atoms with Gasteiger partial charge in [-0.3, -0.25) is 4.79 Å². The average molecular weight is 397 g/mol. The van der Waals surface area contributed by atoms with E-state index in [1.807, 2.05) is 0 Å². The summed E-state index contributed by atoms with van der Waals surface area (Å²) in [6, 6.07) is 2.72. The van der Waals surface area contributed by atoms with Gasteiger partial charge in [-0.25, -0.2) is 4.98 Å². The normalized spacial score (nSPS) is 15.3. The number of hydrogen-bond acceptors (Lipinski definition) is 2. The van der Waals surface area contributed by atoms with E-state index < -0.39 is 46.2 Å². The smallest absolute Gasteiger partial charge is 0.310 e. The Labute approximate surface area is 148 Å². The van der Waals surface area contributed by atoms with Crippen LogP contribution in [0.2, 0.25) is 5.02 Å². The molecule has 1 aromatic carbocycles. The van der Waals surface area contributed by atoms with E-state index >= 15 is 0 Å². The Morgan fingerprint density at radius 3 is 2.31 bits per heavy atom. The van der Waals surface area contributed by atoms with Crippen LogP contribution in [0.25, 0.3) is 0 Å². The first-order valence-corrected chi connectivity index (χ1v) is 7.90. The molecule has 0 atom stereocenters. The molecule has 3 nitrogen and oxygen atoms in total. The number of nitrogens with one attached hydrogen (secondary N) is 1. The SMILES string of the molecule is O=c1[nH]c(C2CC2)nc(C(F)(F)F)c1Cc1ccc(Cl)c(C(F)(F)F)c1. The van der Waals surface area contributed by atoms with Crippen molar-refractivity contribution in [3.63, 3.8) is 0 Å². The summed E-state index contributed by atoms with van der Waals surface area (Å²) in [5.41, 5.74) is -4.40. The third kappa shape index (κ3) is 3.87. The molecule has 1 fully saturated rings. The number of nitrogens with zero attached hydrogens (tertiary/aromatic N) is 1. The van der Waals surface area contributed by atoms with Gasteiger partial charge in [0.1, 0.15) is 5.82 Å². The Morgan fingerprint density at radius 2 is 1.77 bits per heavy atom. The molecule has 1 aliphatic carbocycles. The Kier molecular flexibility index (Phi) is 4.54. The first kappa shape index (κ1) is 18.8. The summed E-state index contributed by atoms with van der Waals surface area (Å²) in [6.45, 7) is 0. The molecule has 0 amide bonds. The third-order valence-electron chi connectivity index (χ3n) is 3.98. The van der Waals surface area contributed by atoms with Crippen LogP contribution in [0.5, 0.6) is 0 Å². The molecule has 0 bridgehead atoms. The number of aromatic amines is 1. The molecule has 3 rings (SSSR count). The van der Waals surface area contributed by atoms with Crippen molar-refractivity contribution >= 4 is 11.6 Å². The van der Waals surface area contributed by atoms with Crippen molar-refractivity contribution in [3.8, 4) is 0 Å². The van der Waals surface area contributed by atoms with E-state index in [4.69, 9.17) is 11.6 Å². The van der Waals surface area contributed by atoms with Crippen LogP contribution in [-0.4, -0.2) is 9.97 Å². The molecule has 1 aliphatic rings. The molecule has 0 radical (unpaired) electrons. The van der Waals surface area contributed by atoms with Crippen molar-refractivity contribution in [2.24, 2.45) is 0 Å². The van der Waals surface area contributed by atoms with Gasteiger partial charge in [0.25, 0.3) is 5.56 Å². The summed E-state index contributed by atoms with van der Waals surface area (Å²) in [6.07, 6.45) is -9.05. The quantitative estimate of drug-likeness (QED) is 0.748. The summed E-state index contributed by atoms with van der Waals surface area (Å²) >= 11 is 5.50. The first-order valence-electron chi connectivity index (χ1n) is 7.52. The van der Waals surface area contributed by atoms with Crippen LogP contribution in [0, 0.1) is 0 Å². The van der Waals surface area contributed by atoms with Gasteiger partial charge in [0.2, 0.25) is 0 Å². The average Bonchev–Trinajstić information content (AvgIpc) is 3.33. The monoisotopic (exact) mass is 396 g/mol. The minimum absolute atomic E-state index is 0.0434. The number of halogens is 7. The maximum Gasteiger partial charge on any atom is 0.433 e. The molecule has 0 spiro atoms. The number of H-pyrrole nitrogens is 1. The van der Waals surface area contributed by atoms with Gasteiger partial charge in [-0.15, -0.1) is 0 Å². The summed E-state index contributed by atoms with van der Waals surface area (Å²) in [4.78, 5) is 18.0. The van der Waals surface area contributed by atoms with E-state index in [0.29, 0.717) is 18.9 Å². The van der Waals surface area contributed by atoms with Crippen LogP contribution in [0.1, 0.15) is 47.0 Å². The molecule has 1 aromatic heterocycles. The zero-order valence-corrected chi connectivity index (χ0v) is 13.7. The van der Waals surface area contributed by atoms with E-state index in [0.717, 1.165) is 12.1 Å². The first-order chi connectivity index (χ1) is 12.0. The topological polar surface area (TPSA) is 45.8 Å². The van der Waals surface area contributed by atoms with E-state index in [2.05, 4.69) is 9.97 Å². The van der Waals surface area contributed by atoms with Crippen molar-refractivity contribution < 1.29 is 26.3 Å². The fourth-order valence-corrected chi connectivity index (χ4v) is 2.79. The zero-order chi connectivity index (χ0) is 19.3. The fraction of sp³-hybridized carbons (Fsp3) is 0.375. The number of rotatable bonds is 3. The van der Waals surface area contributed by atoms with Gasteiger partial charge >= 0.3 is 12.4 Å². The largest absolute Gasteiger partial charge is 0.433 e. The van der Waals surface area contributed by atoms with Gasteiger partial charge in [-0.05, 0) is 30.5 Å². The highest BCUT2D eigenvalue weighted by atomic mass is 35.5. The third-order valence-corrected chi connectivity index (χ3v) is 4.31. The zero-order valence-electron chi connectivity index (χ0n) is 12.9. The van der Waals surface area contributed by atoms with Crippen molar-refractivity contribution in [1.82, 2.24) is 9.97 Å². The molecule has 140 valence electrons. The lowest BCUT2D eigenvalue weighted by molar-refractivity contribution is -0.142. The molecule has 26 heavy (non-hydrogen) atoms. The van der Waals surface area contributed by atoms with Crippen molar-refractivity contribution in [2.45, 2.75) is 37.5 Å². The Balaban J connectivity index is 2.06. The van der Waals surface area contributed by atoms with Gasteiger partial charge in [0, 0.05) is 12.3 Å². The van der Waals surface area contributed by atoms with Gasteiger partial charge in [-0.2, -0.15) is 26.3 Å². The minimum Gasteiger partial charge on any atom is -0.310 e. The number of alkyl halides is 6. The highest BCUT2D eigenvalue weighted by Crippen LogP contribution is 2.40. The molecule has 0 unspecified atom stereocenters. The van der Waals surface area contributed by atoms with Crippen LogP contribution >= 0.6 is 11.6 Å². The predicted molar refractivity (Wildman–Crippen MR) is 81.1 cm³/mol. The van der Waals surface area contributed by atoms with Gasteiger partial charge < -0.3 is 4.98 Å². The van der Waals surface area contributed by atoms with Crippen LogP contribution in [-0.2, 0) is 18.8 Å². The molecular weight excluding hydrogens is 386 g/mol. The van der Waals surface area contributed by atoms with E-state index in [1.54, 1.807) is 0 Å². The summed E-state index contributed by atoms with van der Waals surface area (Å²) in [7, 11) is 0. The fourth-order valence-electron chi connectivity index (χ4n) is 2.57. The van der Waals surface area contributed by atoms with Crippen molar-refractivity contribution in [2.75, 3.05) is 0 Å². The molecule has 1 saturated carbocycles. The molecule has 2 aromatic rings. The number of hydrogen-bond donors (Lipinski definition) is 1. The van der Waals surface area contributed by atoms with Crippen molar-refractivity contribution in [1.29, 1.82) is 0 Å². The Morgan fingerprint density at radius 1 is 1.12 bits per heavy atom. The van der Waals surface area contributed by atoms with E-state index in [-0.39, 0.29) is 17.3 Å². The Hall–Kier alpha value is -2.03. The highest BCUT2D eigenvalue weighted by molar-refractivity contribution is 6.31. The van der Waals surface area contributed by atoms with E-state index in [9.17, 15) is 31.1 Å². The molecule has 0 saturated heterocycles. The number of aromatic nitrogens is 2.